The predicted octanol–water partition coefficient (Wildman–Crippen LogP) is 7.62. The Labute approximate surface area is 196 Å². The van der Waals surface area contributed by atoms with Crippen LogP contribution in [0.15, 0.2) is 25.7 Å². The summed E-state index contributed by atoms with van der Waals surface area (Å²) >= 11 is 0. The van der Waals surface area contributed by atoms with Gasteiger partial charge in [0.2, 0.25) is 16.6 Å². The molecule has 0 aromatic carbocycles. The summed E-state index contributed by atoms with van der Waals surface area (Å²) < 4.78 is 31.4. The highest BCUT2D eigenvalue weighted by Crippen LogP contribution is 2.21. The quantitative estimate of drug-likeness (QED) is 0.170. The number of ether oxygens (including phenoxy) is 4. The molecule has 0 N–H and O–H groups in total. The van der Waals surface area contributed by atoms with Gasteiger partial charge in [-0.3, -0.25) is 0 Å². The fourth-order valence-corrected chi connectivity index (χ4v) is 14.7. The molecule has 0 amide bonds. The van der Waals surface area contributed by atoms with E-state index in [0.717, 1.165) is 12.5 Å². The maximum absolute atomic E-state index is 11.3. The summed E-state index contributed by atoms with van der Waals surface area (Å²) in [5.41, 5.74) is 0. The lowest BCUT2D eigenvalue weighted by Crippen LogP contribution is -2.55. The van der Waals surface area contributed by atoms with Gasteiger partial charge in [0.25, 0.3) is 0 Å². The van der Waals surface area contributed by atoms with Gasteiger partial charge in [0.15, 0.2) is 0 Å². The Morgan fingerprint density at radius 2 is 0.903 bits per heavy atom. The van der Waals surface area contributed by atoms with Gasteiger partial charge in [0, 0.05) is 0 Å². The van der Waals surface area contributed by atoms with Gasteiger partial charge in [0.1, 0.15) is 12.5 Å². The Bertz CT molecular complexity index is 453. The normalized spacial score (nSPS) is 9.74. The van der Waals surface area contributed by atoms with Crippen molar-refractivity contribution in [3.05, 3.63) is 25.7 Å². The molecular formula is C20H52O8Si3. The van der Waals surface area contributed by atoms with Gasteiger partial charge in [-0.15, -0.1) is 0 Å². The van der Waals surface area contributed by atoms with E-state index in [9.17, 15) is 9.59 Å². The maximum Gasteiger partial charge on any atom is 0.513 e. The van der Waals surface area contributed by atoms with Crippen molar-refractivity contribution >= 4 is 37.5 Å². The monoisotopic (exact) mass is 504 g/mol. The molecule has 8 nitrogen and oxygen atoms in total. The van der Waals surface area contributed by atoms with Crippen molar-refractivity contribution in [1.82, 2.24) is 0 Å². The van der Waals surface area contributed by atoms with E-state index in [1.54, 1.807) is 0 Å². The van der Waals surface area contributed by atoms with Crippen LogP contribution >= 0.6 is 0 Å². The van der Waals surface area contributed by atoms with Crippen LogP contribution in [0.4, 0.5) is 9.59 Å². The molecule has 0 aliphatic carbocycles. The summed E-state index contributed by atoms with van der Waals surface area (Å²) in [6.45, 7) is 18.0. The minimum absolute atomic E-state index is 0. The van der Waals surface area contributed by atoms with Crippen LogP contribution in [-0.4, -0.2) is 50.0 Å². The first-order chi connectivity index (χ1) is 11.3. The topological polar surface area (TPSA) is 89.5 Å². The fourth-order valence-electron chi connectivity index (χ4n) is 2.08. The lowest BCUT2D eigenvalue weighted by molar-refractivity contribution is 0.0948. The molecule has 0 aromatic rings. The zero-order chi connectivity index (χ0) is 19.7. The van der Waals surface area contributed by atoms with Crippen molar-refractivity contribution in [3.8, 4) is 0 Å². The molecule has 11 heteroatoms. The molecule has 0 heterocycles. The van der Waals surface area contributed by atoms with E-state index in [-0.39, 0.29) is 57.0 Å². The number of hydrogen-bond donors (Lipinski definition) is 0. The Morgan fingerprint density at radius 3 is 1.13 bits per heavy atom. The first-order valence-corrected chi connectivity index (χ1v) is 16.7. The molecule has 0 radical (unpaired) electrons. The average molecular weight is 505 g/mol. The van der Waals surface area contributed by atoms with Crippen molar-refractivity contribution in [2.24, 2.45) is 0 Å². The molecule has 0 saturated carbocycles. The fraction of sp³-hybridized carbons (Fsp3) is 0.700. The summed E-state index contributed by atoms with van der Waals surface area (Å²) in [4.78, 5) is 22.5. The Kier molecular flexibility index (Phi) is 31.3. The summed E-state index contributed by atoms with van der Waals surface area (Å²) in [5, 5.41) is 0. The van der Waals surface area contributed by atoms with E-state index in [1.807, 2.05) is 39.3 Å². The molecule has 0 aliphatic heterocycles. The second kappa shape index (κ2) is 20.5. The van der Waals surface area contributed by atoms with Crippen LogP contribution in [0.5, 0.6) is 0 Å². The third-order valence-corrected chi connectivity index (χ3v) is 12.5. The molecule has 0 aromatic heterocycles. The van der Waals surface area contributed by atoms with Gasteiger partial charge in [-0.25, -0.2) is 9.59 Å². The number of carbonyl (C=O) groups is 2. The Balaban J connectivity index is -0.000000192. The lowest BCUT2D eigenvalue weighted by atomic mass is 11.1. The van der Waals surface area contributed by atoms with Gasteiger partial charge in [-0.2, -0.15) is 0 Å². The molecular weight excluding hydrogens is 452 g/mol. The number of rotatable bonds is 10. The van der Waals surface area contributed by atoms with Crippen molar-refractivity contribution in [2.75, 3.05) is 12.5 Å². The van der Waals surface area contributed by atoms with Crippen LogP contribution in [0.25, 0.3) is 0 Å². The smallest absolute Gasteiger partial charge is 0.435 e. The second-order valence-electron chi connectivity index (χ2n) is 6.77. The molecule has 31 heavy (non-hydrogen) atoms. The van der Waals surface area contributed by atoms with Gasteiger partial charge < -0.3 is 27.2 Å². The largest absolute Gasteiger partial charge is 0.513 e. The SMILES string of the molecule is C.C.C.C.C.C.C=COC(=O)OC[Si](C)(C)O[Si](C)(C)O[Si](C)(C)COC(=O)OC=C. The maximum atomic E-state index is 11.3. The van der Waals surface area contributed by atoms with E-state index in [1.165, 1.54) is 0 Å². The number of hydrogen-bond acceptors (Lipinski definition) is 8. The van der Waals surface area contributed by atoms with Gasteiger partial charge in [-0.1, -0.05) is 57.7 Å². The van der Waals surface area contributed by atoms with E-state index in [0.29, 0.717) is 0 Å². The predicted molar refractivity (Wildman–Crippen MR) is 140 cm³/mol. The van der Waals surface area contributed by atoms with Crippen LogP contribution in [-0.2, 0) is 27.2 Å². The van der Waals surface area contributed by atoms with Gasteiger partial charge >= 0.3 is 20.9 Å². The molecule has 192 valence electrons. The third-order valence-electron chi connectivity index (χ3n) is 2.48. The molecule has 0 aliphatic rings. The summed E-state index contributed by atoms with van der Waals surface area (Å²) in [5.74, 6) is 0. The highest BCUT2D eigenvalue weighted by Gasteiger charge is 2.41. The Morgan fingerprint density at radius 1 is 0.645 bits per heavy atom. The van der Waals surface area contributed by atoms with E-state index in [2.05, 4.69) is 22.6 Å². The lowest BCUT2D eigenvalue weighted by Gasteiger charge is -2.37. The second-order valence-corrected chi connectivity index (χ2v) is 18.8. The minimum Gasteiger partial charge on any atom is -0.435 e. The molecule has 0 bridgehead atoms. The van der Waals surface area contributed by atoms with Crippen molar-refractivity contribution < 1.29 is 36.8 Å². The van der Waals surface area contributed by atoms with Gasteiger partial charge in [0.05, 0.1) is 12.5 Å². The highest BCUT2D eigenvalue weighted by molar-refractivity contribution is 6.87. The number of carbonyl (C=O) groups excluding carboxylic acids is 2. The molecule has 0 atom stereocenters. The van der Waals surface area contributed by atoms with Crippen LogP contribution in [0, 0.1) is 0 Å². The van der Waals surface area contributed by atoms with Crippen molar-refractivity contribution in [2.45, 2.75) is 83.8 Å². The van der Waals surface area contributed by atoms with Crippen LogP contribution in [0.2, 0.25) is 39.3 Å². The third kappa shape index (κ3) is 24.7. The van der Waals surface area contributed by atoms with Crippen LogP contribution in [0.1, 0.15) is 44.6 Å². The zero-order valence-electron chi connectivity index (χ0n) is 15.7. The van der Waals surface area contributed by atoms with E-state index >= 15 is 0 Å². The first-order valence-electron chi connectivity index (χ1n) is 7.61. The summed E-state index contributed by atoms with van der Waals surface area (Å²) in [6.07, 6.45) is 0.635. The summed E-state index contributed by atoms with van der Waals surface area (Å²) in [7, 11) is -7.20. The average Bonchev–Trinajstić information content (AvgIpc) is 2.41. The molecule has 0 fully saturated rings. The van der Waals surface area contributed by atoms with Crippen molar-refractivity contribution in [1.29, 1.82) is 0 Å². The first kappa shape index (κ1) is 47.4. The molecule has 0 rings (SSSR count). The molecule has 0 saturated heterocycles. The van der Waals surface area contributed by atoms with E-state index in [4.69, 9.17) is 17.7 Å². The summed E-state index contributed by atoms with van der Waals surface area (Å²) in [6, 6.07) is 0. The molecule has 0 spiro atoms. The molecule has 0 unspecified atom stereocenters. The van der Waals surface area contributed by atoms with Crippen LogP contribution in [0.3, 0.4) is 0 Å². The standard InChI is InChI=1S/C14H28O8Si3.6CH4/c1-9-17-13(15)19-11-23(3,4)21-25(7,8)22-24(5,6)12-20-14(16)18-10-2;;;;;;/h9-10H,1-2,11-12H2,3-8H3;6*1H4. The highest BCUT2D eigenvalue weighted by atomic mass is 28.5. The Hall–Kier alpha value is -1.41. The van der Waals surface area contributed by atoms with Crippen LogP contribution < -0.4 is 0 Å². The van der Waals surface area contributed by atoms with Crippen molar-refractivity contribution in [3.63, 3.8) is 0 Å². The van der Waals surface area contributed by atoms with E-state index < -0.39 is 37.5 Å². The van der Waals surface area contributed by atoms with Gasteiger partial charge in [-0.05, 0) is 39.3 Å². The zero-order valence-corrected chi connectivity index (χ0v) is 18.7. The minimum atomic E-state index is -2.54.